The number of benzene rings is 1. The van der Waals surface area contributed by atoms with E-state index in [1.807, 2.05) is 24.3 Å². The van der Waals surface area contributed by atoms with E-state index in [1.54, 1.807) is 0 Å². The highest BCUT2D eigenvalue weighted by atomic mass is 16.2. The highest BCUT2D eigenvalue weighted by Gasteiger charge is 2.34. The molecule has 1 aromatic carbocycles. The third-order valence-electron chi connectivity index (χ3n) is 3.73. The van der Waals surface area contributed by atoms with Crippen LogP contribution >= 0.6 is 0 Å². The Labute approximate surface area is 108 Å². The lowest BCUT2D eigenvalue weighted by molar-refractivity contribution is 0.259. The summed E-state index contributed by atoms with van der Waals surface area (Å²) < 4.78 is 0. The molecular formula is C14H21N3O. The number of carbonyl (C=O) groups excluding carboxylic acids is 1. The maximum absolute atomic E-state index is 10.8. The van der Waals surface area contributed by atoms with E-state index in [2.05, 4.69) is 24.5 Å². The zero-order valence-electron chi connectivity index (χ0n) is 11.0. The van der Waals surface area contributed by atoms with Gasteiger partial charge in [-0.2, -0.15) is 0 Å². The van der Waals surface area contributed by atoms with Crippen molar-refractivity contribution in [3.05, 3.63) is 24.3 Å². The Bertz CT molecular complexity index is 442. The number of hydrogen-bond donors (Lipinski definition) is 3. The molecule has 18 heavy (non-hydrogen) atoms. The lowest BCUT2D eigenvalue weighted by atomic mass is 9.87. The Hall–Kier alpha value is -1.71. The predicted octanol–water partition coefficient (Wildman–Crippen LogP) is 3.17. The van der Waals surface area contributed by atoms with Crippen LogP contribution in [0.3, 0.4) is 0 Å². The summed E-state index contributed by atoms with van der Waals surface area (Å²) >= 11 is 0. The molecule has 2 amide bonds. The first-order valence-electron chi connectivity index (χ1n) is 6.40. The Morgan fingerprint density at radius 3 is 2.72 bits per heavy atom. The molecule has 1 saturated carbocycles. The fourth-order valence-electron chi connectivity index (χ4n) is 2.62. The van der Waals surface area contributed by atoms with Crippen molar-refractivity contribution in [1.29, 1.82) is 0 Å². The molecule has 1 atom stereocenters. The molecule has 98 valence electrons. The van der Waals surface area contributed by atoms with Crippen molar-refractivity contribution in [2.24, 2.45) is 11.1 Å². The van der Waals surface area contributed by atoms with Gasteiger partial charge in [0, 0.05) is 17.4 Å². The van der Waals surface area contributed by atoms with Gasteiger partial charge in [0.25, 0.3) is 0 Å². The van der Waals surface area contributed by atoms with E-state index in [-0.39, 0.29) is 0 Å². The minimum Gasteiger partial charge on any atom is -0.382 e. The van der Waals surface area contributed by atoms with Crippen LogP contribution in [-0.2, 0) is 0 Å². The average Bonchev–Trinajstić information content (AvgIpc) is 2.58. The van der Waals surface area contributed by atoms with Gasteiger partial charge in [0.05, 0.1) is 0 Å². The molecule has 2 rings (SSSR count). The largest absolute Gasteiger partial charge is 0.382 e. The monoisotopic (exact) mass is 247 g/mol. The van der Waals surface area contributed by atoms with Crippen LogP contribution in [0.2, 0.25) is 0 Å². The Kier molecular flexibility index (Phi) is 3.45. The summed E-state index contributed by atoms with van der Waals surface area (Å²) in [7, 11) is 0. The van der Waals surface area contributed by atoms with E-state index < -0.39 is 6.03 Å². The van der Waals surface area contributed by atoms with E-state index in [0.29, 0.717) is 11.5 Å². The van der Waals surface area contributed by atoms with Crippen LogP contribution in [0.1, 0.15) is 33.1 Å². The van der Waals surface area contributed by atoms with E-state index in [0.717, 1.165) is 11.4 Å². The number of nitrogens with two attached hydrogens (primary N) is 1. The minimum atomic E-state index is -0.534. The molecule has 0 aromatic heterocycles. The molecule has 0 radical (unpaired) electrons. The first kappa shape index (κ1) is 12.7. The molecule has 4 nitrogen and oxygen atoms in total. The minimum absolute atomic E-state index is 0.327. The average molecular weight is 247 g/mol. The van der Waals surface area contributed by atoms with Gasteiger partial charge in [0.1, 0.15) is 0 Å². The number of nitrogens with one attached hydrogen (secondary N) is 2. The molecule has 1 aliphatic carbocycles. The van der Waals surface area contributed by atoms with Crippen molar-refractivity contribution in [1.82, 2.24) is 0 Å². The Morgan fingerprint density at radius 2 is 2.11 bits per heavy atom. The van der Waals surface area contributed by atoms with Gasteiger partial charge in [-0.15, -0.1) is 0 Å². The van der Waals surface area contributed by atoms with Crippen LogP contribution in [-0.4, -0.2) is 12.1 Å². The van der Waals surface area contributed by atoms with Gasteiger partial charge in [0.15, 0.2) is 0 Å². The second kappa shape index (κ2) is 4.88. The predicted molar refractivity (Wildman–Crippen MR) is 74.7 cm³/mol. The van der Waals surface area contributed by atoms with E-state index >= 15 is 0 Å². The zero-order chi connectivity index (χ0) is 13.2. The van der Waals surface area contributed by atoms with Gasteiger partial charge in [-0.3, -0.25) is 0 Å². The topological polar surface area (TPSA) is 67.2 Å². The molecular weight excluding hydrogens is 226 g/mol. The quantitative estimate of drug-likeness (QED) is 0.768. The number of anilines is 2. The van der Waals surface area contributed by atoms with Gasteiger partial charge in [-0.05, 0) is 36.5 Å². The normalized spacial score (nSPS) is 21.6. The van der Waals surface area contributed by atoms with Gasteiger partial charge in [-0.1, -0.05) is 26.3 Å². The summed E-state index contributed by atoms with van der Waals surface area (Å²) in [6, 6.07) is 7.63. The number of amides is 2. The van der Waals surface area contributed by atoms with Gasteiger partial charge >= 0.3 is 6.03 Å². The second-order valence-electron chi connectivity index (χ2n) is 5.65. The van der Waals surface area contributed by atoms with Gasteiger partial charge < -0.3 is 16.4 Å². The SMILES string of the molecule is CC1(C)CCCC1Nc1cccc(NC(N)=O)c1. The van der Waals surface area contributed by atoms with Crippen LogP contribution < -0.4 is 16.4 Å². The molecule has 1 unspecified atom stereocenters. The maximum Gasteiger partial charge on any atom is 0.316 e. The van der Waals surface area contributed by atoms with Crippen molar-refractivity contribution in [2.45, 2.75) is 39.2 Å². The summed E-state index contributed by atoms with van der Waals surface area (Å²) in [6.45, 7) is 4.59. The molecule has 1 aliphatic rings. The van der Waals surface area contributed by atoms with Crippen LogP contribution in [0.15, 0.2) is 24.3 Å². The summed E-state index contributed by atoms with van der Waals surface area (Å²) in [5, 5.41) is 6.14. The number of rotatable bonds is 3. The smallest absolute Gasteiger partial charge is 0.316 e. The molecule has 4 N–H and O–H groups in total. The number of primary amides is 1. The van der Waals surface area contributed by atoms with Crippen LogP contribution in [0.4, 0.5) is 16.2 Å². The Morgan fingerprint density at radius 1 is 1.39 bits per heavy atom. The lowest BCUT2D eigenvalue weighted by Gasteiger charge is -2.28. The second-order valence-corrected chi connectivity index (χ2v) is 5.65. The summed E-state index contributed by atoms with van der Waals surface area (Å²) in [5.41, 5.74) is 7.19. The highest BCUT2D eigenvalue weighted by molar-refractivity contribution is 5.88. The third kappa shape index (κ3) is 2.94. The molecule has 4 heteroatoms. The van der Waals surface area contributed by atoms with Crippen molar-refractivity contribution < 1.29 is 4.79 Å². The standard InChI is InChI=1S/C14H21N3O/c1-14(2)8-4-7-12(14)16-10-5-3-6-11(9-10)17-13(15)18/h3,5-6,9,12,16H,4,7-8H2,1-2H3,(H3,15,17,18). The number of carbonyl (C=O) groups is 1. The zero-order valence-corrected chi connectivity index (χ0v) is 11.0. The molecule has 0 aliphatic heterocycles. The third-order valence-corrected chi connectivity index (χ3v) is 3.73. The molecule has 1 aromatic rings. The molecule has 0 saturated heterocycles. The molecule has 0 heterocycles. The van der Waals surface area contributed by atoms with Crippen molar-refractivity contribution in [2.75, 3.05) is 10.6 Å². The van der Waals surface area contributed by atoms with Gasteiger partial charge in [0.2, 0.25) is 0 Å². The van der Waals surface area contributed by atoms with E-state index in [4.69, 9.17) is 5.73 Å². The fraction of sp³-hybridized carbons (Fsp3) is 0.500. The van der Waals surface area contributed by atoms with Crippen LogP contribution in [0.25, 0.3) is 0 Å². The summed E-state index contributed by atoms with van der Waals surface area (Å²) in [6.07, 6.45) is 3.72. The van der Waals surface area contributed by atoms with Crippen LogP contribution in [0.5, 0.6) is 0 Å². The molecule has 0 spiro atoms. The Balaban J connectivity index is 2.07. The van der Waals surface area contributed by atoms with Gasteiger partial charge in [-0.25, -0.2) is 4.79 Å². The lowest BCUT2D eigenvalue weighted by Crippen LogP contribution is -2.30. The summed E-state index contributed by atoms with van der Waals surface area (Å²) in [4.78, 5) is 10.8. The number of hydrogen-bond acceptors (Lipinski definition) is 2. The first-order valence-corrected chi connectivity index (χ1v) is 6.40. The first-order chi connectivity index (χ1) is 8.47. The number of urea groups is 1. The van der Waals surface area contributed by atoms with Crippen LogP contribution in [0, 0.1) is 5.41 Å². The highest BCUT2D eigenvalue weighted by Crippen LogP contribution is 2.39. The van der Waals surface area contributed by atoms with Crippen molar-refractivity contribution >= 4 is 17.4 Å². The summed E-state index contributed by atoms with van der Waals surface area (Å²) in [5.74, 6) is 0. The molecule has 0 bridgehead atoms. The van der Waals surface area contributed by atoms with E-state index in [1.165, 1.54) is 19.3 Å². The van der Waals surface area contributed by atoms with Crippen molar-refractivity contribution in [3.63, 3.8) is 0 Å². The van der Waals surface area contributed by atoms with Crippen molar-refractivity contribution in [3.8, 4) is 0 Å². The fourth-order valence-corrected chi connectivity index (χ4v) is 2.62. The van der Waals surface area contributed by atoms with E-state index in [9.17, 15) is 4.79 Å². The maximum atomic E-state index is 10.8. The molecule has 1 fully saturated rings.